The summed E-state index contributed by atoms with van der Waals surface area (Å²) in [6.45, 7) is 0.844. The number of benzene rings is 3. The Labute approximate surface area is 236 Å². The van der Waals surface area contributed by atoms with Crippen LogP contribution in [0.15, 0.2) is 77.7 Å². The van der Waals surface area contributed by atoms with E-state index in [1.807, 2.05) is 0 Å². The quantitative estimate of drug-likeness (QED) is 0.255. The van der Waals surface area contributed by atoms with Crippen molar-refractivity contribution in [3.63, 3.8) is 0 Å². The van der Waals surface area contributed by atoms with Crippen LogP contribution in [0.3, 0.4) is 0 Å². The Morgan fingerprint density at radius 1 is 0.974 bits per heavy atom. The van der Waals surface area contributed by atoms with Crippen molar-refractivity contribution in [2.24, 2.45) is 0 Å². The highest BCUT2D eigenvalue weighted by atomic mass is 35.5. The van der Waals surface area contributed by atoms with Crippen LogP contribution in [0.2, 0.25) is 10.0 Å². The molecule has 3 rings (SSSR count). The maximum Gasteiger partial charge on any atom is 0.269 e. The molecule has 0 saturated heterocycles. The average molecular weight is 593 g/mol. The molecular weight excluding hydrogens is 567 g/mol. The van der Waals surface area contributed by atoms with E-state index in [1.54, 1.807) is 31.2 Å². The largest absolute Gasteiger partial charge is 0.357 e. The molecule has 0 saturated carbocycles. The van der Waals surface area contributed by atoms with E-state index < -0.39 is 39.3 Å². The Morgan fingerprint density at radius 3 is 2.08 bits per heavy atom. The van der Waals surface area contributed by atoms with Crippen LogP contribution in [0.4, 0.5) is 11.4 Å². The van der Waals surface area contributed by atoms with E-state index in [-0.39, 0.29) is 39.3 Å². The molecule has 10 nitrogen and oxygen atoms in total. The number of non-ortho nitro benzene ring substituents is 1. The zero-order valence-electron chi connectivity index (χ0n) is 21.1. The van der Waals surface area contributed by atoms with Gasteiger partial charge in [-0.15, -0.1) is 0 Å². The van der Waals surface area contributed by atoms with Gasteiger partial charge in [-0.3, -0.25) is 24.0 Å². The fraction of sp³-hybridized carbons (Fsp3) is 0.231. The highest BCUT2D eigenvalue weighted by Gasteiger charge is 2.34. The molecule has 3 aromatic rings. The van der Waals surface area contributed by atoms with Crippen LogP contribution in [0, 0.1) is 10.1 Å². The van der Waals surface area contributed by atoms with Gasteiger partial charge < -0.3 is 10.2 Å². The molecule has 0 aromatic heterocycles. The second-order valence-electron chi connectivity index (χ2n) is 8.36. The number of hydrogen-bond acceptors (Lipinski definition) is 6. The van der Waals surface area contributed by atoms with Gasteiger partial charge in [0.05, 0.1) is 15.5 Å². The highest BCUT2D eigenvalue weighted by molar-refractivity contribution is 7.92. The van der Waals surface area contributed by atoms with Gasteiger partial charge in [0.15, 0.2) is 0 Å². The number of nitrogens with one attached hydrogen (secondary N) is 1. The van der Waals surface area contributed by atoms with Gasteiger partial charge in [0.1, 0.15) is 12.6 Å². The molecule has 1 atom stereocenters. The monoisotopic (exact) mass is 592 g/mol. The maximum atomic E-state index is 13.9. The summed E-state index contributed by atoms with van der Waals surface area (Å²) in [5.74, 6) is -1.17. The molecule has 0 spiro atoms. The number of likely N-dealkylation sites (N-methyl/N-ethyl adjacent to an activating group) is 1. The second kappa shape index (κ2) is 12.9. The van der Waals surface area contributed by atoms with Crippen molar-refractivity contribution < 1.29 is 22.9 Å². The van der Waals surface area contributed by atoms with Crippen molar-refractivity contribution in [1.82, 2.24) is 10.2 Å². The number of nitro groups is 1. The normalized spacial score (nSPS) is 11.9. The van der Waals surface area contributed by atoms with Crippen molar-refractivity contribution in [3.05, 3.63) is 98.5 Å². The van der Waals surface area contributed by atoms with Crippen LogP contribution in [0.1, 0.15) is 18.9 Å². The molecule has 0 radical (unpaired) electrons. The van der Waals surface area contributed by atoms with Crippen molar-refractivity contribution in [2.45, 2.75) is 30.8 Å². The number of nitro benzene ring substituents is 1. The van der Waals surface area contributed by atoms with Crippen LogP contribution in [0.25, 0.3) is 0 Å². The number of carbonyl (C=O) groups is 2. The first-order valence-electron chi connectivity index (χ1n) is 11.8. The van der Waals surface area contributed by atoms with E-state index in [0.717, 1.165) is 16.4 Å². The van der Waals surface area contributed by atoms with Crippen molar-refractivity contribution in [1.29, 1.82) is 0 Å². The number of nitrogens with zero attached hydrogens (tertiary/aromatic N) is 3. The van der Waals surface area contributed by atoms with Gasteiger partial charge in [-0.25, -0.2) is 8.42 Å². The lowest BCUT2D eigenvalue weighted by atomic mass is 10.1. The number of sulfonamides is 1. The van der Waals surface area contributed by atoms with Gasteiger partial charge in [-0.1, -0.05) is 54.4 Å². The third kappa shape index (κ3) is 6.86. The molecule has 0 aliphatic heterocycles. The molecular formula is C26H26Cl2N4O6S. The molecule has 206 valence electrons. The summed E-state index contributed by atoms with van der Waals surface area (Å²) >= 11 is 12.7. The zero-order chi connectivity index (χ0) is 28.7. The summed E-state index contributed by atoms with van der Waals surface area (Å²) in [7, 11) is -2.87. The average Bonchev–Trinajstić information content (AvgIpc) is 2.93. The van der Waals surface area contributed by atoms with Gasteiger partial charge in [0.2, 0.25) is 11.8 Å². The fourth-order valence-electron chi connectivity index (χ4n) is 3.93. The number of amides is 2. The molecule has 0 bridgehead atoms. The van der Waals surface area contributed by atoms with Crippen molar-refractivity contribution in [2.75, 3.05) is 17.9 Å². The van der Waals surface area contributed by atoms with Crippen LogP contribution in [0.5, 0.6) is 0 Å². The minimum absolute atomic E-state index is 0.0292. The molecule has 3 aromatic carbocycles. The van der Waals surface area contributed by atoms with E-state index >= 15 is 0 Å². The summed E-state index contributed by atoms with van der Waals surface area (Å²) in [4.78, 5) is 38.3. The van der Waals surface area contributed by atoms with Gasteiger partial charge in [-0.2, -0.15) is 0 Å². The van der Waals surface area contributed by atoms with Crippen LogP contribution >= 0.6 is 23.2 Å². The minimum atomic E-state index is -4.30. The number of hydrogen-bond donors (Lipinski definition) is 1. The first kappa shape index (κ1) is 29.9. The minimum Gasteiger partial charge on any atom is -0.357 e. The second-order valence-corrected chi connectivity index (χ2v) is 11.0. The van der Waals surface area contributed by atoms with E-state index in [9.17, 15) is 28.1 Å². The molecule has 13 heteroatoms. The molecule has 0 aliphatic carbocycles. The molecule has 0 unspecified atom stereocenters. The van der Waals surface area contributed by atoms with Crippen molar-refractivity contribution in [3.8, 4) is 0 Å². The summed E-state index contributed by atoms with van der Waals surface area (Å²) < 4.78 is 28.3. The third-order valence-electron chi connectivity index (χ3n) is 5.98. The maximum absolute atomic E-state index is 13.9. The topological polar surface area (TPSA) is 130 Å². The number of anilines is 1. The zero-order valence-corrected chi connectivity index (χ0v) is 23.4. The molecule has 2 amide bonds. The van der Waals surface area contributed by atoms with E-state index in [2.05, 4.69) is 5.32 Å². The highest BCUT2D eigenvalue weighted by Crippen LogP contribution is 2.29. The number of carbonyl (C=O) groups excluding carboxylic acids is 2. The van der Waals surface area contributed by atoms with E-state index in [0.29, 0.717) is 5.56 Å². The standard InChI is InChI=1S/C26H26Cl2N4O6S/c1-3-24(26(34)29-2)30(16-21-22(27)10-7-11-23(21)28)25(33)17-31(18-12-14-19(15-13-18)32(35)36)39(37,38)20-8-5-4-6-9-20/h4-15,24H,3,16-17H2,1-2H3,(H,29,34)/t24-/m0/s1. The molecule has 0 fully saturated rings. The summed E-state index contributed by atoms with van der Waals surface area (Å²) in [6.07, 6.45) is 0.219. The van der Waals surface area contributed by atoms with Crippen LogP contribution in [-0.2, 0) is 26.2 Å². The fourth-order valence-corrected chi connectivity index (χ4v) is 5.88. The van der Waals surface area contributed by atoms with Crippen molar-refractivity contribution >= 4 is 56.4 Å². The lowest BCUT2D eigenvalue weighted by Crippen LogP contribution is -2.51. The number of halogens is 2. The molecule has 0 aliphatic rings. The van der Waals surface area contributed by atoms with Crippen LogP contribution in [-0.4, -0.2) is 49.7 Å². The van der Waals surface area contributed by atoms with E-state index in [1.165, 1.54) is 48.3 Å². The number of rotatable bonds is 11. The summed E-state index contributed by atoms with van der Waals surface area (Å²) in [5.41, 5.74) is 0.175. The molecule has 0 heterocycles. The smallest absolute Gasteiger partial charge is 0.269 e. The lowest BCUT2D eigenvalue weighted by Gasteiger charge is -2.33. The predicted molar refractivity (Wildman–Crippen MR) is 149 cm³/mol. The Kier molecular flexibility index (Phi) is 9.90. The predicted octanol–water partition coefficient (Wildman–Crippen LogP) is 4.65. The van der Waals surface area contributed by atoms with Gasteiger partial charge in [-0.05, 0) is 42.8 Å². The van der Waals surface area contributed by atoms with Crippen LogP contribution < -0.4 is 9.62 Å². The third-order valence-corrected chi connectivity index (χ3v) is 8.48. The Hall–Kier alpha value is -3.67. The first-order chi connectivity index (χ1) is 18.5. The summed E-state index contributed by atoms with van der Waals surface area (Å²) in [6, 6.07) is 16.1. The van der Waals surface area contributed by atoms with Gasteiger partial charge in [0, 0.05) is 41.3 Å². The first-order valence-corrected chi connectivity index (χ1v) is 14.0. The SMILES string of the molecule is CC[C@@H](C(=O)NC)N(Cc1c(Cl)cccc1Cl)C(=O)CN(c1ccc([N+](=O)[O-])cc1)S(=O)(=O)c1ccccc1. The molecule has 1 N–H and O–H groups in total. The van der Waals surface area contributed by atoms with Gasteiger partial charge >= 0.3 is 0 Å². The summed E-state index contributed by atoms with van der Waals surface area (Å²) in [5, 5.41) is 14.2. The van der Waals surface area contributed by atoms with Gasteiger partial charge in [0.25, 0.3) is 15.7 Å². The Morgan fingerprint density at radius 2 is 1.56 bits per heavy atom. The van der Waals surface area contributed by atoms with E-state index in [4.69, 9.17) is 23.2 Å². The Balaban J connectivity index is 2.10. The molecule has 39 heavy (non-hydrogen) atoms. The lowest BCUT2D eigenvalue weighted by molar-refractivity contribution is -0.384. The Bertz CT molecular complexity index is 1430.